The van der Waals surface area contributed by atoms with Crippen LogP contribution < -0.4 is 5.48 Å². The van der Waals surface area contributed by atoms with Crippen molar-refractivity contribution in [2.24, 2.45) is 5.11 Å². The summed E-state index contributed by atoms with van der Waals surface area (Å²) >= 11 is 0. The molecule has 1 heterocycles. The zero-order chi connectivity index (χ0) is 12.8. The summed E-state index contributed by atoms with van der Waals surface area (Å²) in [6.45, 7) is 2.39. The SMILES string of the molecule is CC(=O)O[C@@H]1[C@@H](CN=[N+]=[N-])ON[C@H]1OC(C)=O. The van der Waals surface area contributed by atoms with Crippen LogP contribution in [0.15, 0.2) is 5.11 Å². The van der Waals surface area contributed by atoms with Gasteiger partial charge in [-0.15, -0.1) is 0 Å². The van der Waals surface area contributed by atoms with Crippen LogP contribution in [0.1, 0.15) is 13.8 Å². The highest BCUT2D eigenvalue weighted by Gasteiger charge is 2.41. The van der Waals surface area contributed by atoms with E-state index in [-0.39, 0.29) is 6.54 Å². The molecule has 1 fully saturated rings. The van der Waals surface area contributed by atoms with Crippen molar-refractivity contribution in [3.05, 3.63) is 10.4 Å². The molecule has 0 bridgehead atoms. The first-order valence-electron chi connectivity index (χ1n) is 4.81. The Morgan fingerprint density at radius 2 is 2.06 bits per heavy atom. The molecule has 1 N–H and O–H groups in total. The number of ether oxygens (including phenoxy) is 2. The van der Waals surface area contributed by atoms with E-state index in [0.29, 0.717) is 0 Å². The number of hydrogen-bond donors (Lipinski definition) is 1. The topological polar surface area (TPSA) is 123 Å². The highest BCUT2D eigenvalue weighted by Crippen LogP contribution is 2.17. The molecule has 1 saturated heterocycles. The van der Waals surface area contributed by atoms with Crippen LogP contribution in [0.25, 0.3) is 10.4 Å². The van der Waals surface area contributed by atoms with Crippen LogP contribution in [0.3, 0.4) is 0 Å². The lowest BCUT2D eigenvalue weighted by atomic mass is 10.2. The minimum absolute atomic E-state index is 0.0424. The normalized spacial score (nSPS) is 27.1. The van der Waals surface area contributed by atoms with Crippen LogP contribution in [-0.4, -0.2) is 36.9 Å². The second-order valence-corrected chi connectivity index (χ2v) is 3.29. The van der Waals surface area contributed by atoms with Crippen molar-refractivity contribution in [1.29, 1.82) is 0 Å². The predicted molar refractivity (Wildman–Crippen MR) is 53.1 cm³/mol. The average Bonchev–Trinajstić information content (AvgIpc) is 2.57. The molecule has 0 aromatic rings. The molecule has 9 heteroatoms. The minimum atomic E-state index is -0.907. The number of carbonyl (C=O) groups excluding carboxylic acids is 2. The summed E-state index contributed by atoms with van der Waals surface area (Å²) in [6, 6.07) is 0. The Balaban J connectivity index is 2.69. The molecular formula is C8H12N4O5. The summed E-state index contributed by atoms with van der Waals surface area (Å²) in [5, 5.41) is 3.31. The van der Waals surface area contributed by atoms with Crippen molar-refractivity contribution in [3.8, 4) is 0 Å². The maximum Gasteiger partial charge on any atom is 0.304 e. The summed E-state index contributed by atoms with van der Waals surface area (Å²) in [7, 11) is 0. The van der Waals surface area contributed by atoms with Crippen LogP contribution in [-0.2, 0) is 23.9 Å². The molecule has 0 unspecified atom stereocenters. The van der Waals surface area contributed by atoms with Crippen LogP contribution in [0, 0.1) is 0 Å². The molecule has 17 heavy (non-hydrogen) atoms. The van der Waals surface area contributed by atoms with Crippen LogP contribution >= 0.6 is 0 Å². The van der Waals surface area contributed by atoms with Gasteiger partial charge in [-0.1, -0.05) is 5.11 Å². The van der Waals surface area contributed by atoms with E-state index in [4.69, 9.17) is 19.8 Å². The number of rotatable bonds is 4. The van der Waals surface area contributed by atoms with Crippen molar-refractivity contribution in [3.63, 3.8) is 0 Å². The van der Waals surface area contributed by atoms with Gasteiger partial charge in [-0.05, 0) is 5.53 Å². The standard InChI is InChI=1S/C8H12N4O5/c1-4(13)15-7-6(3-10-12-9)17-11-8(7)16-5(2)14/h6-8,11H,3H2,1-2H3/t6-,7-,8+/m1/s1. The second kappa shape index (κ2) is 6.04. The Morgan fingerprint density at radius 3 is 2.59 bits per heavy atom. The molecule has 0 spiro atoms. The molecular weight excluding hydrogens is 232 g/mol. The molecule has 1 rings (SSSR count). The van der Waals surface area contributed by atoms with Gasteiger partial charge in [-0.2, -0.15) is 5.48 Å². The van der Waals surface area contributed by atoms with Gasteiger partial charge in [-0.25, -0.2) is 0 Å². The Morgan fingerprint density at radius 1 is 1.41 bits per heavy atom. The summed E-state index contributed by atoms with van der Waals surface area (Å²) < 4.78 is 9.80. The summed E-state index contributed by atoms with van der Waals surface area (Å²) in [5.41, 5.74) is 10.6. The smallest absolute Gasteiger partial charge is 0.304 e. The van der Waals surface area contributed by atoms with Crippen LogP contribution in [0.4, 0.5) is 0 Å². The highest BCUT2D eigenvalue weighted by atomic mass is 16.7. The first kappa shape index (κ1) is 13.2. The lowest BCUT2D eigenvalue weighted by Crippen LogP contribution is -2.40. The van der Waals surface area contributed by atoms with E-state index in [1.807, 2.05) is 0 Å². The lowest BCUT2D eigenvalue weighted by Gasteiger charge is -2.19. The third-order valence-corrected chi connectivity index (χ3v) is 1.92. The minimum Gasteiger partial charge on any atom is -0.454 e. The van der Waals surface area contributed by atoms with E-state index in [9.17, 15) is 9.59 Å². The molecule has 94 valence electrons. The Labute approximate surface area is 96.6 Å². The first-order chi connectivity index (χ1) is 8.04. The molecule has 0 aromatic carbocycles. The van der Waals surface area contributed by atoms with Crippen molar-refractivity contribution in [2.75, 3.05) is 6.54 Å². The number of carbonyl (C=O) groups is 2. The summed E-state index contributed by atoms with van der Waals surface area (Å²) in [4.78, 5) is 29.3. The fourth-order valence-corrected chi connectivity index (χ4v) is 1.34. The Kier molecular flexibility index (Phi) is 4.70. The molecule has 0 saturated carbocycles. The fourth-order valence-electron chi connectivity index (χ4n) is 1.34. The monoisotopic (exact) mass is 244 g/mol. The number of azide groups is 1. The molecule has 9 nitrogen and oxygen atoms in total. The highest BCUT2D eigenvalue weighted by molar-refractivity contribution is 5.67. The molecule has 3 atom stereocenters. The van der Waals surface area contributed by atoms with E-state index in [2.05, 4.69) is 15.5 Å². The van der Waals surface area contributed by atoms with E-state index in [1.54, 1.807) is 0 Å². The second-order valence-electron chi connectivity index (χ2n) is 3.29. The molecule has 0 radical (unpaired) electrons. The maximum atomic E-state index is 10.9. The number of hydrogen-bond acceptors (Lipinski definition) is 7. The quantitative estimate of drug-likeness (QED) is 0.322. The van der Waals surface area contributed by atoms with Gasteiger partial charge in [0.15, 0.2) is 6.10 Å². The van der Waals surface area contributed by atoms with Crippen LogP contribution in [0.2, 0.25) is 0 Å². The van der Waals surface area contributed by atoms with Gasteiger partial charge in [0.05, 0.1) is 6.54 Å². The van der Waals surface area contributed by atoms with Gasteiger partial charge in [0, 0.05) is 18.8 Å². The summed E-state index contributed by atoms with van der Waals surface area (Å²) in [5.74, 6) is -1.10. The largest absolute Gasteiger partial charge is 0.454 e. The van der Waals surface area contributed by atoms with E-state index in [1.165, 1.54) is 13.8 Å². The van der Waals surface area contributed by atoms with E-state index >= 15 is 0 Å². The Bertz CT molecular complexity index is 342. The van der Waals surface area contributed by atoms with Gasteiger partial charge in [-0.3, -0.25) is 14.4 Å². The number of nitrogens with one attached hydrogen (secondary N) is 1. The maximum absolute atomic E-state index is 10.9. The van der Waals surface area contributed by atoms with Crippen LogP contribution in [0.5, 0.6) is 0 Å². The van der Waals surface area contributed by atoms with Crippen molar-refractivity contribution < 1.29 is 23.9 Å². The first-order valence-corrected chi connectivity index (χ1v) is 4.81. The van der Waals surface area contributed by atoms with Gasteiger partial charge < -0.3 is 9.47 Å². The number of esters is 2. The van der Waals surface area contributed by atoms with Crippen molar-refractivity contribution in [1.82, 2.24) is 5.48 Å². The third-order valence-electron chi connectivity index (χ3n) is 1.92. The molecule has 0 amide bonds. The summed E-state index contributed by atoms with van der Waals surface area (Å²) in [6.07, 6.45) is -2.45. The van der Waals surface area contributed by atoms with E-state index in [0.717, 1.165) is 0 Å². The van der Waals surface area contributed by atoms with Gasteiger partial charge in [0.2, 0.25) is 6.23 Å². The lowest BCUT2D eigenvalue weighted by molar-refractivity contribution is -0.164. The number of nitrogens with zero attached hydrogens (tertiary/aromatic N) is 3. The Hall–Kier alpha value is -1.83. The van der Waals surface area contributed by atoms with Crippen molar-refractivity contribution in [2.45, 2.75) is 32.3 Å². The molecule has 1 aliphatic rings. The molecule has 1 aliphatic heterocycles. The number of hydroxylamine groups is 1. The van der Waals surface area contributed by atoms with Gasteiger partial charge in [0.25, 0.3) is 0 Å². The van der Waals surface area contributed by atoms with E-state index < -0.39 is 30.4 Å². The zero-order valence-corrected chi connectivity index (χ0v) is 9.32. The van der Waals surface area contributed by atoms with Gasteiger partial charge >= 0.3 is 11.9 Å². The van der Waals surface area contributed by atoms with Crippen molar-refractivity contribution >= 4 is 11.9 Å². The predicted octanol–water partition coefficient (Wildman–Crippen LogP) is 0.0210. The average molecular weight is 244 g/mol. The third kappa shape index (κ3) is 3.91. The zero-order valence-electron chi connectivity index (χ0n) is 9.32. The molecule has 0 aliphatic carbocycles. The fraction of sp³-hybridized carbons (Fsp3) is 0.750. The molecule has 0 aromatic heterocycles. The van der Waals surface area contributed by atoms with Gasteiger partial charge in [0.1, 0.15) is 6.10 Å².